The fourth-order valence-corrected chi connectivity index (χ4v) is 2.32. The molecule has 0 unspecified atom stereocenters. The van der Waals surface area contributed by atoms with Crippen LogP contribution in [0.4, 0.5) is 0 Å². The van der Waals surface area contributed by atoms with Crippen LogP contribution in [-0.2, 0) is 0 Å². The Balaban J connectivity index is 1.97. The first-order valence-corrected chi connectivity index (χ1v) is 6.19. The first-order chi connectivity index (χ1) is 8.74. The molecule has 0 N–H and O–H groups in total. The average Bonchev–Trinajstić information content (AvgIpc) is 2.97. The molecule has 0 saturated carbocycles. The standard InChI is InChI=1S/C14H15N3O/c1-9-6-11(8-15-7-9)13-16-14(18-17-13)12-5-3-4-10(12)2/h6-8H,3-5H2,1-2H3. The Bertz CT molecular complexity index is 613. The van der Waals surface area contributed by atoms with Crippen molar-refractivity contribution < 1.29 is 4.52 Å². The smallest absolute Gasteiger partial charge is 0.254 e. The summed E-state index contributed by atoms with van der Waals surface area (Å²) in [5, 5.41) is 4.05. The van der Waals surface area contributed by atoms with E-state index in [-0.39, 0.29) is 0 Å². The van der Waals surface area contributed by atoms with Gasteiger partial charge in [-0.05, 0) is 44.7 Å². The summed E-state index contributed by atoms with van der Waals surface area (Å²) in [6.45, 7) is 4.14. The van der Waals surface area contributed by atoms with Crippen LogP contribution in [0.1, 0.15) is 37.6 Å². The van der Waals surface area contributed by atoms with E-state index < -0.39 is 0 Å². The molecule has 0 atom stereocenters. The SMILES string of the molecule is CC1=C(c2nc(-c3cncc(C)c3)no2)CCC1. The van der Waals surface area contributed by atoms with Crippen LogP contribution in [-0.4, -0.2) is 15.1 Å². The Morgan fingerprint density at radius 3 is 2.78 bits per heavy atom. The predicted molar refractivity (Wildman–Crippen MR) is 68.7 cm³/mol. The molecule has 92 valence electrons. The van der Waals surface area contributed by atoms with Gasteiger partial charge in [0, 0.05) is 23.5 Å². The molecule has 0 saturated heterocycles. The normalized spacial score (nSPS) is 15.4. The highest BCUT2D eigenvalue weighted by molar-refractivity contribution is 5.66. The van der Waals surface area contributed by atoms with Gasteiger partial charge in [0.05, 0.1) is 0 Å². The van der Waals surface area contributed by atoms with Crippen molar-refractivity contribution in [2.45, 2.75) is 33.1 Å². The van der Waals surface area contributed by atoms with E-state index >= 15 is 0 Å². The van der Waals surface area contributed by atoms with Crippen LogP contribution in [0, 0.1) is 6.92 Å². The number of aromatic nitrogens is 3. The topological polar surface area (TPSA) is 51.8 Å². The second-order valence-corrected chi connectivity index (χ2v) is 4.79. The number of aryl methyl sites for hydroxylation is 1. The summed E-state index contributed by atoms with van der Waals surface area (Å²) in [5.41, 5.74) is 4.58. The Morgan fingerprint density at radius 1 is 1.17 bits per heavy atom. The highest BCUT2D eigenvalue weighted by atomic mass is 16.5. The molecule has 0 amide bonds. The molecule has 0 aliphatic heterocycles. The molecule has 2 aromatic rings. The van der Waals surface area contributed by atoms with Crippen LogP contribution in [0.25, 0.3) is 17.0 Å². The van der Waals surface area contributed by atoms with Gasteiger partial charge in [0.15, 0.2) is 0 Å². The van der Waals surface area contributed by atoms with Crippen molar-refractivity contribution in [1.29, 1.82) is 0 Å². The highest BCUT2D eigenvalue weighted by Crippen LogP contribution is 2.33. The van der Waals surface area contributed by atoms with Crippen molar-refractivity contribution in [2.75, 3.05) is 0 Å². The molecule has 4 nitrogen and oxygen atoms in total. The fraction of sp³-hybridized carbons (Fsp3) is 0.357. The number of hydrogen-bond acceptors (Lipinski definition) is 4. The van der Waals surface area contributed by atoms with Gasteiger partial charge in [-0.3, -0.25) is 4.98 Å². The van der Waals surface area contributed by atoms with Gasteiger partial charge in [0.2, 0.25) is 5.82 Å². The van der Waals surface area contributed by atoms with E-state index in [0.717, 1.165) is 24.0 Å². The lowest BCUT2D eigenvalue weighted by Gasteiger charge is -1.95. The molecular weight excluding hydrogens is 226 g/mol. The number of hydrogen-bond donors (Lipinski definition) is 0. The number of nitrogens with zero attached hydrogens (tertiary/aromatic N) is 3. The molecule has 18 heavy (non-hydrogen) atoms. The molecule has 1 aliphatic carbocycles. The summed E-state index contributed by atoms with van der Waals surface area (Å²) in [4.78, 5) is 8.63. The van der Waals surface area contributed by atoms with Crippen LogP contribution in [0.15, 0.2) is 28.6 Å². The third-order valence-corrected chi connectivity index (χ3v) is 3.31. The minimum atomic E-state index is 0.619. The van der Waals surface area contributed by atoms with E-state index in [4.69, 9.17) is 4.52 Å². The van der Waals surface area contributed by atoms with Gasteiger partial charge in [0.1, 0.15) is 0 Å². The molecule has 2 aromatic heterocycles. The summed E-state index contributed by atoms with van der Waals surface area (Å²) in [5.74, 6) is 1.29. The van der Waals surface area contributed by atoms with Crippen LogP contribution in [0.3, 0.4) is 0 Å². The summed E-state index contributed by atoms with van der Waals surface area (Å²) < 4.78 is 5.37. The Kier molecular flexibility index (Phi) is 2.70. The second-order valence-electron chi connectivity index (χ2n) is 4.79. The molecule has 0 aromatic carbocycles. The zero-order valence-electron chi connectivity index (χ0n) is 10.6. The number of pyridine rings is 1. The van der Waals surface area contributed by atoms with Crippen molar-refractivity contribution >= 4 is 5.57 Å². The molecule has 0 fully saturated rings. The van der Waals surface area contributed by atoms with E-state index in [9.17, 15) is 0 Å². The average molecular weight is 241 g/mol. The molecule has 0 radical (unpaired) electrons. The van der Waals surface area contributed by atoms with Crippen LogP contribution in [0.2, 0.25) is 0 Å². The van der Waals surface area contributed by atoms with Gasteiger partial charge in [0.25, 0.3) is 5.89 Å². The van der Waals surface area contributed by atoms with E-state index in [2.05, 4.69) is 22.0 Å². The largest absolute Gasteiger partial charge is 0.334 e. The third kappa shape index (κ3) is 1.94. The summed E-state index contributed by atoms with van der Waals surface area (Å²) in [6.07, 6.45) is 6.94. The molecule has 3 rings (SSSR count). The lowest BCUT2D eigenvalue weighted by atomic mass is 10.2. The van der Waals surface area contributed by atoms with Gasteiger partial charge >= 0.3 is 0 Å². The quantitative estimate of drug-likeness (QED) is 0.808. The molecule has 1 aliphatic rings. The Hall–Kier alpha value is -1.97. The maximum Gasteiger partial charge on any atom is 0.254 e. The van der Waals surface area contributed by atoms with Crippen molar-refractivity contribution in [3.63, 3.8) is 0 Å². The lowest BCUT2D eigenvalue weighted by Crippen LogP contribution is -1.86. The zero-order chi connectivity index (χ0) is 12.5. The van der Waals surface area contributed by atoms with Gasteiger partial charge in [-0.25, -0.2) is 0 Å². The molecule has 2 heterocycles. The summed E-state index contributed by atoms with van der Waals surface area (Å²) >= 11 is 0. The number of allylic oxidation sites excluding steroid dienone is 2. The zero-order valence-corrected chi connectivity index (χ0v) is 10.6. The first-order valence-electron chi connectivity index (χ1n) is 6.19. The molecule has 4 heteroatoms. The summed E-state index contributed by atoms with van der Waals surface area (Å²) in [7, 11) is 0. The molecule has 0 spiro atoms. The van der Waals surface area contributed by atoms with Crippen molar-refractivity contribution in [2.24, 2.45) is 0 Å². The van der Waals surface area contributed by atoms with Gasteiger partial charge in [-0.2, -0.15) is 4.98 Å². The van der Waals surface area contributed by atoms with Gasteiger partial charge in [-0.1, -0.05) is 10.7 Å². The first kappa shape index (κ1) is 11.1. The van der Waals surface area contributed by atoms with Crippen molar-refractivity contribution in [3.05, 3.63) is 35.5 Å². The van der Waals surface area contributed by atoms with Crippen molar-refractivity contribution in [1.82, 2.24) is 15.1 Å². The molecular formula is C14H15N3O. The maximum atomic E-state index is 5.37. The summed E-state index contributed by atoms with van der Waals surface area (Å²) in [6, 6.07) is 2.01. The Morgan fingerprint density at radius 2 is 2.06 bits per heavy atom. The third-order valence-electron chi connectivity index (χ3n) is 3.31. The highest BCUT2D eigenvalue weighted by Gasteiger charge is 2.19. The van der Waals surface area contributed by atoms with E-state index in [1.54, 1.807) is 6.20 Å². The van der Waals surface area contributed by atoms with E-state index in [1.807, 2.05) is 19.2 Å². The van der Waals surface area contributed by atoms with Crippen LogP contribution < -0.4 is 0 Å². The lowest BCUT2D eigenvalue weighted by molar-refractivity contribution is 0.407. The monoisotopic (exact) mass is 241 g/mol. The van der Waals surface area contributed by atoms with Crippen LogP contribution >= 0.6 is 0 Å². The molecule has 0 bridgehead atoms. The maximum absolute atomic E-state index is 5.37. The predicted octanol–water partition coefficient (Wildman–Crippen LogP) is 3.40. The van der Waals surface area contributed by atoms with E-state index in [1.165, 1.54) is 17.6 Å². The van der Waals surface area contributed by atoms with Crippen LogP contribution in [0.5, 0.6) is 0 Å². The fourth-order valence-electron chi connectivity index (χ4n) is 2.32. The van der Waals surface area contributed by atoms with Gasteiger partial charge < -0.3 is 4.52 Å². The minimum Gasteiger partial charge on any atom is -0.334 e. The Labute approximate surface area is 106 Å². The minimum absolute atomic E-state index is 0.619. The van der Waals surface area contributed by atoms with Crippen molar-refractivity contribution in [3.8, 4) is 11.4 Å². The number of rotatable bonds is 2. The van der Waals surface area contributed by atoms with Gasteiger partial charge in [-0.15, -0.1) is 0 Å². The second kappa shape index (κ2) is 4.37. The van der Waals surface area contributed by atoms with E-state index in [0.29, 0.717) is 11.7 Å².